The number of non-ortho nitro benzene ring substituents is 1. The number of aliphatic hydroxyl groups excluding tert-OH is 1. The van der Waals surface area contributed by atoms with Gasteiger partial charge in [0, 0.05) is 22.6 Å². The topological polar surface area (TPSA) is 119 Å². The van der Waals surface area contributed by atoms with E-state index in [2.05, 4.69) is 0 Å². The number of ketones is 1. The standard InChI is InChI=1S/C24H20N2O7S/c1-32-17-8-10-18(11-9-17)33-13-12-25-21(19-3-2-14-34-19)20(23(28)24(25)29)22(27)15-4-6-16(7-5-15)26(30)31/h2-11,14,21,27H,12-13H2,1H3/b22-20-. The predicted octanol–water partition coefficient (Wildman–Crippen LogP) is 4.17. The van der Waals surface area contributed by atoms with Gasteiger partial charge in [0.15, 0.2) is 0 Å². The van der Waals surface area contributed by atoms with Gasteiger partial charge in [0.2, 0.25) is 0 Å². The highest BCUT2D eigenvalue weighted by Gasteiger charge is 2.46. The molecular formula is C24H20N2O7S. The van der Waals surface area contributed by atoms with Crippen molar-refractivity contribution in [2.45, 2.75) is 6.04 Å². The van der Waals surface area contributed by atoms with Crippen molar-refractivity contribution in [3.8, 4) is 11.5 Å². The fourth-order valence-electron chi connectivity index (χ4n) is 3.68. The molecule has 1 aliphatic rings. The number of Topliss-reactive ketones (excluding diaryl/α,β-unsaturated/α-hetero) is 1. The molecule has 0 spiro atoms. The number of nitro benzene ring substituents is 1. The van der Waals surface area contributed by atoms with Crippen LogP contribution < -0.4 is 9.47 Å². The Morgan fingerprint density at radius 2 is 1.76 bits per heavy atom. The SMILES string of the molecule is COc1ccc(OCCN2C(=O)C(=O)/C(=C(\O)c3ccc([N+](=O)[O-])cc3)C2c2cccs2)cc1. The van der Waals surface area contributed by atoms with Gasteiger partial charge in [-0.05, 0) is 47.8 Å². The summed E-state index contributed by atoms with van der Waals surface area (Å²) in [6.45, 7) is 0.231. The third kappa shape index (κ3) is 4.48. The monoisotopic (exact) mass is 480 g/mol. The van der Waals surface area contributed by atoms with E-state index in [-0.39, 0.29) is 35.7 Å². The molecule has 0 aliphatic carbocycles. The molecule has 0 bridgehead atoms. The number of carbonyl (C=O) groups excluding carboxylic acids is 2. The number of methoxy groups -OCH3 is 1. The van der Waals surface area contributed by atoms with Crippen LogP contribution in [0.2, 0.25) is 0 Å². The normalized spacial score (nSPS) is 17.1. The van der Waals surface area contributed by atoms with Crippen molar-refractivity contribution in [3.05, 3.63) is 92.2 Å². The number of nitrogens with zero attached hydrogens (tertiary/aromatic N) is 2. The molecule has 1 N–H and O–H groups in total. The van der Waals surface area contributed by atoms with Gasteiger partial charge < -0.3 is 19.5 Å². The quantitative estimate of drug-likeness (QED) is 0.169. The minimum Gasteiger partial charge on any atom is -0.507 e. The van der Waals surface area contributed by atoms with Crippen molar-refractivity contribution in [1.82, 2.24) is 4.90 Å². The number of rotatable bonds is 8. The molecule has 1 aromatic heterocycles. The van der Waals surface area contributed by atoms with Crippen LogP contribution >= 0.6 is 11.3 Å². The number of benzene rings is 2. The summed E-state index contributed by atoms with van der Waals surface area (Å²) in [6.07, 6.45) is 0. The molecule has 0 radical (unpaired) electrons. The molecule has 3 aromatic rings. The van der Waals surface area contributed by atoms with Gasteiger partial charge in [-0.1, -0.05) is 6.07 Å². The first-order chi connectivity index (χ1) is 16.4. The number of amides is 1. The lowest BCUT2D eigenvalue weighted by molar-refractivity contribution is -0.384. The summed E-state index contributed by atoms with van der Waals surface area (Å²) in [5, 5.41) is 23.7. The van der Waals surface area contributed by atoms with Crippen molar-refractivity contribution in [1.29, 1.82) is 0 Å². The number of likely N-dealkylation sites (tertiary alicyclic amines) is 1. The molecule has 10 heteroatoms. The number of carbonyl (C=O) groups is 2. The average molecular weight is 480 g/mol. The maximum atomic E-state index is 12.9. The number of hydrogen-bond donors (Lipinski definition) is 1. The van der Waals surface area contributed by atoms with Gasteiger partial charge in [0.1, 0.15) is 23.9 Å². The van der Waals surface area contributed by atoms with Crippen molar-refractivity contribution in [2.75, 3.05) is 20.3 Å². The second-order valence-electron chi connectivity index (χ2n) is 7.34. The van der Waals surface area contributed by atoms with Crippen LogP contribution in [-0.2, 0) is 9.59 Å². The molecule has 2 heterocycles. The lowest BCUT2D eigenvalue weighted by Crippen LogP contribution is -2.33. The van der Waals surface area contributed by atoms with Crippen LogP contribution in [0, 0.1) is 10.1 Å². The van der Waals surface area contributed by atoms with E-state index in [0.717, 1.165) is 0 Å². The summed E-state index contributed by atoms with van der Waals surface area (Å²) in [5.41, 5.74) is -0.00659. The van der Waals surface area contributed by atoms with Crippen LogP contribution in [0.4, 0.5) is 5.69 Å². The summed E-state index contributed by atoms with van der Waals surface area (Å²) in [6, 6.07) is 14.9. The summed E-state index contributed by atoms with van der Waals surface area (Å²) in [4.78, 5) is 38.3. The number of ether oxygens (including phenoxy) is 2. The first-order valence-electron chi connectivity index (χ1n) is 10.2. The number of nitro groups is 1. The molecule has 1 unspecified atom stereocenters. The summed E-state index contributed by atoms with van der Waals surface area (Å²) in [5.74, 6) is -0.693. The van der Waals surface area contributed by atoms with Crippen LogP contribution in [-0.4, -0.2) is 46.9 Å². The van der Waals surface area contributed by atoms with Crippen LogP contribution in [0.15, 0.2) is 71.6 Å². The summed E-state index contributed by atoms with van der Waals surface area (Å²) >= 11 is 1.35. The molecule has 1 amide bonds. The summed E-state index contributed by atoms with van der Waals surface area (Å²) < 4.78 is 10.9. The fourth-order valence-corrected chi connectivity index (χ4v) is 4.53. The molecule has 1 aliphatic heterocycles. The van der Waals surface area contributed by atoms with E-state index >= 15 is 0 Å². The molecular weight excluding hydrogens is 460 g/mol. The minimum absolute atomic E-state index is 0.0641. The lowest BCUT2D eigenvalue weighted by atomic mass is 10.00. The highest BCUT2D eigenvalue weighted by atomic mass is 32.1. The van der Waals surface area contributed by atoms with Gasteiger partial charge in [0.25, 0.3) is 17.4 Å². The van der Waals surface area contributed by atoms with Gasteiger partial charge in [-0.3, -0.25) is 19.7 Å². The Labute approximate surface area is 198 Å². The fraction of sp³-hybridized carbons (Fsp3) is 0.167. The average Bonchev–Trinajstić information content (AvgIpc) is 3.47. The molecule has 1 fully saturated rings. The Bertz CT molecular complexity index is 1240. The highest BCUT2D eigenvalue weighted by Crippen LogP contribution is 2.41. The molecule has 4 rings (SSSR count). The van der Waals surface area contributed by atoms with Gasteiger partial charge in [0.05, 0.1) is 30.2 Å². The Hall–Kier alpha value is -4.18. The van der Waals surface area contributed by atoms with Crippen LogP contribution in [0.1, 0.15) is 16.5 Å². The Balaban J connectivity index is 1.62. The first-order valence-corrected chi connectivity index (χ1v) is 11.1. The third-order valence-electron chi connectivity index (χ3n) is 5.36. The molecule has 1 atom stereocenters. The van der Waals surface area contributed by atoms with Gasteiger partial charge >= 0.3 is 0 Å². The molecule has 174 valence electrons. The van der Waals surface area contributed by atoms with E-state index in [9.17, 15) is 24.8 Å². The molecule has 0 saturated carbocycles. The second-order valence-corrected chi connectivity index (χ2v) is 8.32. The Morgan fingerprint density at radius 3 is 2.35 bits per heavy atom. The van der Waals surface area contributed by atoms with E-state index in [0.29, 0.717) is 16.4 Å². The summed E-state index contributed by atoms with van der Waals surface area (Å²) in [7, 11) is 1.56. The second kappa shape index (κ2) is 9.75. The van der Waals surface area contributed by atoms with Gasteiger partial charge in [-0.15, -0.1) is 11.3 Å². The van der Waals surface area contributed by atoms with Crippen molar-refractivity contribution in [3.63, 3.8) is 0 Å². The van der Waals surface area contributed by atoms with Crippen molar-refractivity contribution < 1.29 is 29.1 Å². The number of aliphatic hydroxyl groups is 1. The zero-order valence-corrected chi connectivity index (χ0v) is 18.9. The molecule has 1 saturated heterocycles. The van der Waals surface area contributed by atoms with Crippen LogP contribution in [0.25, 0.3) is 5.76 Å². The largest absolute Gasteiger partial charge is 0.507 e. The third-order valence-corrected chi connectivity index (χ3v) is 6.29. The maximum absolute atomic E-state index is 12.9. The van der Waals surface area contributed by atoms with E-state index in [1.54, 1.807) is 43.5 Å². The Kier molecular flexibility index (Phi) is 6.60. The van der Waals surface area contributed by atoms with Gasteiger partial charge in [-0.25, -0.2) is 0 Å². The minimum atomic E-state index is -0.821. The van der Waals surface area contributed by atoms with E-state index in [1.165, 1.54) is 40.5 Å². The molecule has 9 nitrogen and oxygen atoms in total. The zero-order valence-electron chi connectivity index (χ0n) is 18.0. The predicted molar refractivity (Wildman–Crippen MR) is 125 cm³/mol. The zero-order chi connectivity index (χ0) is 24.2. The Morgan fingerprint density at radius 1 is 1.09 bits per heavy atom. The number of thiophene rings is 1. The van der Waals surface area contributed by atoms with E-state index < -0.39 is 22.7 Å². The van der Waals surface area contributed by atoms with Crippen LogP contribution in [0.5, 0.6) is 11.5 Å². The van der Waals surface area contributed by atoms with Crippen molar-refractivity contribution in [2.24, 2.45) is 0 Å². The van der Waals surface area contributed by atoms with Crippen molar-refractivity contribution >= 4 is 34.5 Å². The first kappa shape index (κ1) is 23.0. The van der Waals surface area contributed by atoms with E-state index in [4.69, 9.17) is 9.47 Å². The molecule has 2 aromatic carbocycles. The van der Waals surface area contributed by atoms with Gasteiger partial charge in [-0.2, -0.15) is 0 Å². The van der Waals surface area contributed by atoms with E-state index in [1.807, 2.05) is 5.38 Å². The number of hydrogen-bond acceptors (Lipinski definition) is 8. The lowest BCUT2D eigenvalue weighted by Gasteiger charge is -2.24. The molecule has 34 heavy (non-hydrogen) atoms. The van der Waals surface area contributed by atoms with Crippen LogP contribution in [0.3, 0.4) is 0 Å². The smallest absolute Gasteiger partial charge is 0.295 e. The highest BCUT2D eigenvalue weighted by molar-refractivity contribution is 7.10. The maximum Gasteiger partial charge on any atom is 0.295 e.